The summed E-state index contributed by atoms with van der Waals surface area (Å²) in [6.45, 7) is 0. The topological polar surface area (TPSA) is 77.6 Å². The molecule has 0 saturated carbocycles. The molecule has 2 aliphatic rings. The van der Waals surface area contributed by atoms with E-state index in [2.05, 4.69) is 59.9 Å². The Morgan fingerprint density at radius 2 is 0.875 bits per heavy atom. The van der Waals surface area contributed by atoms with Crippen molar-refractivity contribution in [1.82, 2.24) is 19.9 Å². The van der Waals surface area contributed by atoms with Gasteiger partial charge in [-0.1, -0.05) is 0 Å². The number of aromatic amines is 2. The minimum atomic E-state index is 0.279. The number of H-pyrrole nitrogens is 2. The average Bonchev–Trinajstić information content (AvgIpc) is 3.57. The number of benzene rings is 1. The van der Waals surface area contributed by atoms with Crippen molar-refractivity contribution >= 4 is 50.9 Å². The predicted molar refractivity (Wildman–Crippen MR) is 127 cm³/mol. The van der Waals surface area contributed by atoms with Crippen LogP contribution >= 0.6 is 0 Å². The van der Waals surface area contributed by atoms with Gasteiger partial charge < -0.3 is 9.97 Å². The Morgan fingerprint density at radius 1 is 0.531 bits per heavy atom. The molecule has 5 nitrogen and oxygen atoms in total. The molecule has 0 radical (unpaired) electrons. The summed E-state index contributed by atoms with van der Waals surface area (Å²) in [7, 11) is 0. The third-order valence-electron chi connectivity index (χ3n) is 4.85. The van der Waals surface area contributed by atoms with Crippen molar-refractivity contribution in [3.05, 3.63) is 95.6 Å². The Bertz CT molecular complexity index is 1300. The maximum atomic E-state index is 8.72. The van der Waals surface area contributed by atoms with E-state index in [0.717, 1.165) is 49.3 Å². The van der Waals surface area contributed by atoms with Crippen molar-refractivity contribution in [3.8, 4) is 5.75 Å². The Balaban J connectivity index is 0.000000230. The molecule has 8 bridgehead atoms. The van der Waals surface area contributed by atoms with Gasteiger partial charge in [-0.3, -0.25) is 0 Å². The summed E-state index contributed by atoms with van der Waals surface area (Å²) in [6.07, 6.45) is 8.09. The molecule has 0 atom stereocenters. The van der Waals surface area contributed by atoms with Gasteiger partial charge in [0.05, 0.1) is 22.8 Å². The number of fused-ring (bicyclic) bond motifs is 8. The van der Waals surface area contributed by atoms with Crippen LogP contribution in [0.4, 0.5) is 0 Å². The zero-order valence-electron chi connectivity index (χ0n) is 16.9. The second-order valence-electron chi connectivity index (χ2n) is 7.36. The Kier molecular flexibility index (Phi) is 5.45. The molecule has 0 unspecified atom stereocenters. The Labute approximate surface area is 192 Å². The number of nitrogens with one attached hydrogen (secondary N) is 2. The maximum absolute atomic E-state index is 8.72. The van der Waals surface area contributed by atoms with Crippen molar-refractivity contribution in [1.29, 1.82) is 0 Å². The van der Waals surface area contributed by atoms with Gasteiger partial charge in [0.25, 0.3) is 0 Å². The van der Waals surface area contributed by atoms with Crippen molar-refractivity contribution in [3.63, 3.8) is 0 Å². The van der Waals surface area contributed by atoms with Crippen LogP contribution in [0.1, 0.15) is 22.8 Å². The zero-order chi connectivity index (χ0) is 21.9. The summed E-state index contributed by atoms with van der Waals surface area (Å²) in [5.74, 6) is 0.279. The molecule has 5 heterocycles. The van der Waals surface area contributed by atoms with Crippen LogP contribution in [0.25, 0.3) is 46.4 Å². The molecule has 0 aliphatic carbocycles. The van der Waals surface area contributed by atoms with Gasteiger partial charge in [-0.05, 0) is 72.8 Å². The van der Waals surface area contributed by atoms with E-state index in [0.29, 0.717) is 0 Å². The quantitative estimate of drug-likeness (QED) is 0.290. The Morgan fingerprint density at radius 3 is 1.19 bits per heavy atom. The SMILES string of the molecule is C1=Cc2cc3ccc(cc4nc(cc5ccc(cc1n2)[nH]5)C=C4)[nH]3.Oc1cc[c]([Co])cc1. The monoisotopic (exact) mass is 462 g/mol. The van der Waals surface area contributed by atoms with Gasteiger partial charge in [-0.25, -0.2) is 9.97 Å². The fourth-order valence-corrected chi connectivity index (χ4v) is 3.55. The second-order valence-corrected chi connectivity index (χ2v) is 7.96. The average molecular weight is 462 g/mol. The van der Waals surface area contributed by atoms with Crippen LogP contribution in [0.3, 0.4) is 0 Å². The molecule has 0 spiro atoms. The third-order valence-corrected chi connectivity index (χ3v) is 5.20. The molecule has 1 aromatic carbocycles. The number of phenolic OH excluding ortho intramolecular Hbond substituents is 1. The van der Waals surface area contributed by atoms with Crippen molar-refractivity contribution in [2.75, 3.05) is 0 Å². The van der Waals surface area contributed by atoms with Crippen molar-refractivity contribution < 1.29 is 20.8 Å². The number of hydrogen-bond donors (Lipinski definition) is 3. The van der Waals surface area contributed by atoms with E-state index < -0.39 is 0 Å². The molecule has 6 rings (SSSR count). The van der Waals surface area contributed by atoms with E-state index in [1.165, 1.54) is 0 Å². The number of rotatable bonds is 0. The molecule has 6 heteroatoms. The van der Waals surface area contributed by atoms with E-state index in [1.807, 2.05) is 48.6 Å². The summed E-state index contributed by atoms with van der Waals surface area (Å²) in [5.41, 5.74) is 7.86. The van der Waals surface area contributed by atoms with Gasteiger partial charge in [0.1, 0.15) is 0 Å². The number of aromatic hydroxyl groups is 1. The summed E-state index contributed by atoms with van der Waals surface area (Å²) in [5, 5.41) is 8.72. The van der Waals surface area contributed by atoms with Gasteiger partial charge in [-0.15, -0.1) is 0 Å². The van der Waals surface area contributed by atoms with Crippen LogP contribution in [0, 0.1) is 0 Å². The number of aromatic nitrogens is 4. The van der Waals surface area contributed by atoms with Gasteiger partial charge >= 0.3 is 55.4 Å². The second kappa shape index (κ2) is 8.70. The predicted octanol–water partition coefficient (Wildman–Crippen LogP) is 5.22. The zero-order valence-corrected chi connectivity index (χ0v) is 18.0. The molecule has 32 heavy (non-hydrogen) atoms. The van der Waals surface area contributed by atoms with Gasteiger partial charge in [0, 0.05) is 22.1 Å². The van der Waals surface area contributed by atoms with E-state index in [4.69, 9.17) is 5.11 Å². The summed E-state index contributed by atoms with van der Waals surface area (Å²) < 4.78 is 0.857. The first kappa shape index (κ1) is 20.1. The van der Waals surface area contributed by atoms with Gasteiger partial charge in [0.2, 0.25) is 0 Å². The molecule has 158 valence electrons. The molecule has 0 amide bonds. The van der Waals surface area contributed by atoms with E-state index in [1.54, 1.807) is 24.3 Å². The molecular formula is C26H19CoN4O. The van der Waals surface area contributed by atoms with E-state index in [-0.39, 0.29) is 5.75 Å². The molecule has 0 fully saturated rings. The van der Waals surface area contributed by atoms with Gasteiger partial charge in [-0.2, -0.15) is 0 Å². The summed E-state index contributed by atoms with van der Waals surface area (Å²) in [6, 6.07) is 23.0. The van der Waals surface area contributed by atoms with Crippen LogP contribution in [0.5, 0.6) is 5.75 Å². The van der Waals surface area contributed by atoms with Crippen LogP contribution in [-0.4, -0.2) is 25.0 Å². The van der Waals surface area contributed by atoms with E-state index >= 15 is 0 Å². The molecule has 4 aromatic rings. The van der Waals surface area contributed by atoms with Gasteiger partial charge in [0.15, 0.2) is 0 Å². The third kappa shape index (κ3) is 4.88. The molecule has 2 aliphatic heterocycles. The van der Waals surface area contributed by atoms with Crippen LogP contribution in [0.15, 0.2) is 72.8 Å². The van der Waals surface area contributed by atoms with Crippen LogP contribution < -0.4 is 4.50 Å². The summed E-state index contributed by atoms with van der Waals surface area (Å²) in [4.78, 5) is 16.0. The number of nitrogens with zero attached hydrogens (tertiary/aromatic N) is 2. The Hall–Kier alpha value is -3.87. The number of phenols is 1. The van der Waals surface area contributed by atoms with Crippen LogP contribution in [-0.2, 0) is 15.7 Å². The fraction of sp³-hybridized carbons (Fsp3) is 0. The van der Waals surface area contributed by atoms with Crippen molar-refractivity contribution in [2.45, 2.75) is 0 Å². The first-order valence-electron chi connectivity index (χ1n) is 10.1. The fourth-order valence-electron chi connectivity index (χ4n) is 3.38. The standard InChI is InChI=1S/C20H14N4.C6H5O.Co/c1-2-14-10-16-5-6-18(23-16)12-20-8-7-19(24-20)11-17-4-3-15(22-17)9-13(1)21-14;7-6-4-2-1-3-5-6;/h1-12,21,24H;2-5,7H;. The molecular weight excluding hydrogens is 443 g/mol. The summed E-state index contributed by atoms with van der Waals surface area (Å²) >= 11 is 4.07. The minimum absolute atomic E-state index is 0.279. The van der Waals surface area contributed by atoms with Crippen LogP contribution in [0.2, 0.25) is 0 Å². The first-order valence-corrected chi connectivity index (χ1v) is 10.6. The van der Waals surface area contributed by atoms with Crippen molar-refractivity contribution in [2.24, 2.45) is 0 Å². The molecule has 3 N–H and O–H groups in total. The van der Waals surface area contributed by atoms with E-state index in [9.17, 15) is 0 Å². The molecule has 3 aromatic heterocycles. The number of hydrogen-bond acceptors (Lipinski definition) is 3. The normalized spacial score (nSPS) is 11.8. The molecule has 0 saturated heterocycles. The first-order chi connectivity index (χ1) is 15.6.